The Morgan fingerprint density at radius 1 is 0.949 bits per heavy atom. The van der Waals surface area contributed by atoms with Crippen molar-refractivity contribution >= 4 is 54.8 Å². The van der Waals surface area contributed by atoms with E-state index in [-0.39, 0.29) is 31.1 Å². The van der Waals surface area contributed by atoms with Crippen molar-refractivity contribution in [2.75, 3.05) is 0 Å². The van der Waals surface area contributed by atoms with Gasteiger partial charge in [0.2, 0.25) is 0 Å². The van der Waals surface area contributed by atoms with Gasteiger partial charge in [0.05, 0.1) is 38.6 Å². The van der Waals surface area contributed by atoms with E-state index in [1.54, 1.807) is 42.5 Å². The molecule has 1 atom stereocenters. The van der Waals surface area contributed by atoms with E-state index in [0.717, 1.165) is 20.4 Å². The first-order chi connectivity index (χ1) is 18.7. The van der Waals surface area contributed by atoms with Crippen LogP contribution in [0.3, 0.4) is 0 Å². The molecule has 39 heavy (non-hydrogen) atoms. The molecular weight excluding hydrogens is 603 g/mol. The number of allylic oxidation sites excluding steroid dienone is 1. The highest BCUT2D eigenvalue weighted by atomic mass is 79.9. The number of fused-ring (bicyclic) bond motifs is 1. The summed E-state index contributed by atoms with van der Waals surface area (Å²) in [6.45, 7) is 0. The van der Waals surface area contributed by atoms with Gasteiger partial charge in [0, 0.05) is 4.47 Å². The molecule has 0 saturated heterocycles. The third-order valence-electron chi connectivity index (χ3n) is 6.01. The predicted molar refractivity (Wildman–Crippen MR) is 149 cm³/mol. The maximum Gasteiger partial charge on any atom is 0.274 e. The molecule has 1 aliphatic heterocycles. The predicted octanol–water partition coefficient (Wildman–Crippen LogP) is 3.78. The van der Waals surface area contributed by atoms with Crippen molar-refractivity contribution in [3.8, 4) is 12.1 Å². The van der Waals surface area contributed by atoms with Gasteiger partial charge in [-0.1, -0.05) is 58.4 Å². The standard InChI is InChI=1S/C28H16BrFN4O3S2/c29-19-10-8-18(9-11-19)25-22(15-31)26(33-39(36,37)21-4-2-1-3-5-21)34-27(35)24(38-28(34)23(25)16-32)14-17-6-12-20(30)13-7-17/h1-14,25,33H/b24-14+. The lowest BCUT2D eigenvalue weighted by atomic mass is 9.84. The number of nitrogens with zero attached hydrogens (tertiary/aromatic N) is 3. The normalized spacial score (nSPS) is 15.4. The number of thiazole rings is 1. The zero-order valence-corrected chi connectivity index (χ0v) is 23.0. The summed E-state index contributed by atoms with van der Waals surface area (Å²) in [4.78, 5) is 13.6. The number of hydrogen-bond acceptors (Lipinski definition) is 6. The number of aromatic nitrogens is 1. The molecular formula is C28H16BrFN4O3S2. The Morgan fingerprint density at radius 2 is 1.59 bits per heavy atom. The fourth-order valence-electron chi connectivity index (χ4n) is 4.21. The summed E-state index contributed by atoms with van der Waals surface area (Å²) in [6, 6.07) is 24.2. The molecule has 3 aromatic carbocycles. The van der Waals surface area contributed by atoms with E-state index in [9.17, 15) is 28.1 Å². The summed E-state index contributed by atoms with van der Waals surface area (Å²) in [5.41, 5.74) is 0.497. The number of rotatable bonds is 5. The zero-order valence-electron chi connectivity index (χ0n) is 19.8. The Kier molecular flexibility index (Phi) is 7.06. The second-order valence-corrected chi connectivity index (χ2v) is 12.0. The lowest BCUT2D eigenvalue weighted by molar-refractivity contribution is 0.589. The first-order valence-corrected chi connectivity index (χ1v) is 14.4. The van der Waals surface area contributed by atoms with Crippen molar-refractivity contribution in [1.29, 1.82) is 10.5 Å². The van der Waals surface area contributed by atoms with E-state index < -0.39 is 27.3 Å². The van der Waals surface area contributed by atoms with Crippen LogP contribution in [0.15, 0.2) is 98.6 Å². The molecule has 0 aliphatic carbocycles. The summed E-state index contributed by atoms with van der Waals surface area (Å²) < 4.78 is 44.8. The molecule has 0 bridgehead atoms. The van der Waals surface area contributed by atoms with Gasteiger partial charge in [0.15, 0.2) is 0 Å². The Labute approximate surface area is 234 Å². The molecule has 0 radical (unpaired) electrons. The molecule has 0 spiro atoms. The van der Waals surface area contributed by atoms with Crippen LogP contribution in [0, 0.1) is 28.5 Å². The smallest absolute Gasteiger partial charge is 0.267 e. The summed E-state index contributed by atoms with van der Waals surface area (Å²) >= 11 is 4.36. The first-order valence-electron chi connectivity index (χ1n) is 11.3. The van der Waals surface area contributed by atoms with Crippen LogP contribution in [0.1, 0.15) is 17.0 Å². The van der Waals surface area contributed by atoms with Crippen LogP contribution in [-0.4, -0.2) is 13.0 Å². The molecule has 192 valence electrons. The van der Waals surface area contributed by atoms with Gasteiger partial charge in [-0.3, -0.25) is 9.52 Å². The first kappa shape index (κ1) is 26.3. The highest BCUT2D eigenvalue weighted by Crippen LogP contribution is 2.37. The van der Waals surface area contributed by atoms with Crippen LogP contribution in [0.4, 0.5) is 4.39 Å². The second-order valence-electron chi connectivity index (χ2n) is 8.41. The van der Waals surface area contributed by atoms with Crippen molar-refractivity contribution in [1.82, 2.24) is 9.29 Å². The summed E-state index contributed by atoms with van der Waals surface area (Å²) in [7, 11) is -4.22. The van der Waals surface area contributed by atoms with Crippen molar-refractivity contribution in [3.05, 3.63) is 125 Å². The number of benzene rings is 3. The Morgan fingerprint density at radius 3 is 2.21 bits per heavy atom. The van der Waals surface area contributed by atoms with Crippen LogP contribution in [0.2, 0.25) is 0 Å². The molecule has 4 aromatic rings. The topological polar surface area (TPSA) is 116 Å². The Balaban J connectivity index is 1.84. The zero-order chi connectivity index (χ0) is 27.7. The summed E-state index contributed by atoms with van der Waals surface area (Å²) in [5, 5.41) is 20.5. The van der Waals surface area contributed by atoms with Crippen LogP contribution in [-0.2, 0) is 10.0 Å². The van der Waals surface area contributed by atoms with Gasteiger partial charge in [-0.05, 0) is 53.6 Å². The van der Waals surface area contributed by atoms with E-state index in [0.29, 0.717) is 11.1 Å². The monoisotopic (exact) mass is 618 g/mol. The molecule has 1 N–H and O–H groups in total. The Hall–Kier alpha value is -4.29. The quantitative estimate of drug-likeness (QED) is 0.365. The summed E-state index contributed by atoms with van der Waals surface area (Å²) in [5.74, 6) is -1.62. The SMILES string of the molecule is N#CC1=C(NS(=O)(=O)c2ccccc2)n2c(s/c(=C/c3ccc(F)cc3)c2=O)=C(C#N)C1c1ccc(Br)cc1. The minimum Gasteiger partial charge on any atom is -0.267 e. The molecule has 0 saturated carbocycles. The highest BCUT2D eigenvalue weighted by Gasteiger charge is 2.35. The molecule has 7 nitrogen and oxygen atoms in total. The molecule has 1 aliphatic rings. The van der Waals surface area contributed by atoms with Crippen LogP contribution >= 0.6 is 27.3 Å². The van der Waals surface area contributed by atoms with Gasteiger partial charge in [-0.2, -0.15) is 10.5 Å². The van der Waals surface area contributed by atoms with Gasteiger partial charge >= 0.3 is 0 Å². The minimum atomic E-state index is -4.22. The molecule has 5 rings (SSSR count). The fraction of sp³-hybridized carbons (Fsp3) is 0.0357. The average Bonchev–Trinajstić information content (AvgIpc) is 3.26. The number of nitriles is 2. The van der Waals surface area contributed by atoms with E-state index in [1.807, 2.05) is 0 Å². The number of nitrogens with one attached hydrogen (secondary N) is 1. The van der Waals surface area contributed by atoms with Crippen molar-refractivity contribution in [3.63, 3.8) is 0 Å². The molecule has 2 heterocycles. The van der Waals surface area contributed by atoms with Crippen molar-refractivity contribution in [2.45, 2.75) is 10.8 Å². The largest absolute Gasteiger partial charge is 0.274 e. The van der Waals surface area contributed by atoms with E-state index in [4.69, 9.17) is 0 Å². The van der Waals surface area contributed by atoms with Gasteiger partial charge in [0.1, 0.15) is 16.3 Å². The van der Waals surface area contributed by atoms with E-state index in [1.165, 1.54) is 42.5 Å². The van der Waals surface area contributed by atoms with Gasteiger partial charge in [0.25, 0.3) is 15.6 Å². The van der Waals surface area contributed by atoms with Gasteiger partial charge in [-0.25, -0.2) is 17.4 Å². The Bertz CT molecular complexity index is 2000. The lowest BCUT2D eigenvalue weighted by Crippen LogP contribution is -2.41. The third kappa shape index (κ3) is 4.95. The fourth-order valence-corrected chi connectivity index (χ4v) is 6.68. The van der Waals surface area contributed by atoms with Crippen LogP contribution in [0.25, 0.3) is 17.5 Å². The molecule has 1 unspecified atom stereocenters. The van der Waals surface area contributed by atoms with Crippen LogP contribution < -0.4 is 19.5 Å². The summed E-state index contributed by atoms with van der Waals surface area (Å²) in [6.07, 6.45) is 1.52. The highest BCUT2D eigenvalue weighted by molar-refractivity contribution is 9.10. The van der Waals surface area contributed by atoms with Gasteiger partial charge < -0.3 is 0 Å². The van der Waals surface area contributed by atoms with Gasteiger partial charge in [-0.15, -0.1) is 11.3 Å². The molecule has 0 fully saturated rings. The van der Waals surface area contributed by atoms with E-state index in [2.05, 4.69) is 32.8 Å². The van der Waals surface area contributed by atoms with E-state index >= 15 is 0 Å². The third-order valence-corrected chi connectivity index (χ3v) is 9.00. The maximum absolute atomic E-state index is 13.7. The maximum atomic E-state index is 13.7. The van der Waals surface area contributed by atoms with Crippen molar-refractivity contribution in [2.24, 2.45) is 0 Å². The molecule has 11 heteroatoms. The lowest BCUT2D eigenvalue weighted by Gasteiger charge is -2.25. The number of sulfonamides is 1. The number of hydrogen-bond donors (Lipinski definition) is 1. The average molecular weight is 619 g/mol. The molecule has 1 aromatic heterocycles. The number of halogens is 2. The van der Waals surface area contributed by atoms with Crippen LogP contribution in [0.5, 0.6) is 0 Å². The van der Waals surface area contributed by atoms with Crippen molar-refractivity contribution < 1.29 is 12.8 Å². The second kappa shape index (κ2) is 10.5. The minimum absolute atomic E-state index is 0.0621. The molecule has 0 amide bonds.